The van der Waals surface area contributed by atoms with Crippen molar-refractivity contribution in [1.82, 2.24) is 9.97 Å². The van der Waals surface area contributed by atoms with Gasteiger partial charge in [-0.25, -0.2) is 9.97 Å². The molecule has 0 radical (unpaired) electrons. The number of fused-ring (bicyclic) bond motifs is 2. The molecule has 160 valence electrons. The molecule has 14 heteroatoms. The number of thiazole rings is 2. The van der Waals surface area contributed by atoms with Crippen LogP contribution in [0.3, 0.4) is 0 Å². The lowest BCUT2D eigenvalue weighted by Crippen LogP contribution is -1.99. The number of nitrogens with one attached hydrogen (secondary N) is 2. The number of nitro groups is 2. The van der Waals surface area contributed by atoms with E-state index in [0.717, 1.165) is 35.8 Å². The summed E-state index contributed by atoms with van der Waals surface area (Å²) in [7, 11) is 0. The van der Waals surface area contributed by atoms with Crippen molar-refractivity contribution >= 4 is 88.3 Å². The van der Waals surface area contributed by atoms with E-state index in [9.17, 15) is 20.2 Å². The second kappa shape index (κ2) is 9.64. The summed E-state index contributed by atoms with van der Waals surface area (Å²) in [5.74, 6) is 1.33. The van der Waals surface area contributed by atoms with Crippen LogP contribution in [0.25, 0.3) is 20.4 Å². The van der Waals surface area contributed by atoms with Gasteiger partial charge in [0.1, 0.15) is 0 Å². The van der Waals surface area contributed by atoms with E-state index in [1.807, 2.05) is 0 Å². The van der Waals surface area contributed by atoms with Gasteiger partial charge in [0.15, 0.2) is 10.3 Å². The quantitative estimate of drug-likeness (QED) is 0.124. The number of hydrogen-bond donors (Lipinski definition) is 2. The van der Waals surface area contributed by atoms with Gasteiger partial charge < -0.3 is 10.6 Å². The summed E-state index contributed by atoms with van der Waals surface area (Å²) in [5.41, 5.74) is 1.60. The third-order valence-corrected chi connectivity index (χ3v) is 7.97. The van der Waals surface area contributed by atoms with Gasteiger partial charge >= 0.3 is 0 Å². The first-order valence-electron chi connectivity index (χ1n) is 8.73. The zero-order valence-corrected chi connectivity index (χ0v) is 18.9. The van der Waals surface area contributed by atoms with Gasteiger partial charge in [-0.3, -0.25) is 20.2 Å². The van der Waals surface area contributed by atoms with Crippen molar-refractivity contribution in [2.75, 3.05) is 27.5 Å². The van der Waals surface area contributed by atoms with Gasteiger partial charge in [-0.1, -0.05) is 22.7 Å². The fourth-order valence-electron chi connectivity index (χ4n) is 2.57. The molecule has 4 rings (SSSR count). The lowest BCUT2D eigenvalue weighted by atomic mass is 10.3. The van der Waals surface area contributed by atoms with E-state index in [0.29, 0.717) is 11.8 Å². The van der Waals surface area contributed by atoms with Gasteiger partial charge in [-0.2, -0.15) is 0 Å². The van der Waals surface area contributed by atoms with Crippen molar-refractivity contribution in [2.24, 2.45) is 0 Å². The Morgan fingerprint density at radius 3 is 1.68 bits per heavy atom. The SMILES string of the molecule is O=[N+]([O-])c1ccc2nc(NCSCSCNc3nc4ccc([N+](=O)[O-])cc4s3)sc2c1. The fourth-order valence-corrected chi connectivity index (χ4v) is 6.16. The summed E-state index contributed by atoms with van der Waals surface area (Å²) < 4.78 is 1.56. The monoisotopic (exact) mass is 494 g/mol. The third-order valence-electron chi connectivity index (χ3n) is 3.98. The molecule has 0 unspecified atom stereocenters. The summed E-state index contributed by atoms with van der Waals surface area (Å²) in [6, 6.07) is 9.29. The van der Waals surface area contributed by atoms with Crippen molar-refractivity contribution in [3.63, 3.8) is 0 Å². The van der Waals surface area contributed by atoms with Gasteiger partial charge in [0.05, 0.1) is 42.0 Å². The molecule has 4 aromatic rings. The molecule has 2 heterocycles. The minimum Gasteiger partial charge on any atom is -0.352 e. The average Bonchev–Trinajstić information content (AvgIpc) is 3.34. The maximum atomic E-state index is 10.9. The molecule has 0 aliphatic rings. The van der Waals surface area contributed by atoms with E-state index in [1.165, 1.54) is 46.9 Å². The standard InChI is InChI=1S/C17H14N6O4S4/c24-22(25)10-1-3-12-14(5-10)30-16(20-12)18-7-28-9-29-8-19-17-21-13-4-2-11(23(26)27)6-15(13)31-17/h1-6H,7-9H2,(H,18,20)(H,19,21). The first kappa shape index (κ1) is 21.5. The van der Waals surface area contributed by atoms with E-state index in [2.05, 4.69) is 20.6 Å². The lowest BCUT2D eigenvalue weighted by molar-refractivity contribution is -0.384. The Morgan fingerprint density at radius 2 is 1.26 bits per heavy atom. The number of aromatic nitrogens is 2. The van der Waals surface area contributed by atoms with Crippen molar-refractivity contribution < 1.29 is 9.85 Å². The van der Waals surface area contributed by atoms with Crippen LogP contribution in [-0.2, 0) is 0 Å². The molecule has 0 spiro atoms. The Kier molecular flexibility index (Phi) is 6.70. The second-order valence-corrected chi connectivity index (χ2v) is 10.4. The smallest absolute Gasteiger partial charge is 0.270 e. The number of nitro benzene ring substituents is 2. The maximum absolute atomic E-state index is 10.9. The Balaban J connectivity index is 1.19. The molecule has 2 N–H and O–H groups in total. The Morgan fingerprint density at radius 1 is 0.806 bits per heavy atom. The number of hydrogen-bond acceptors (Lipinski definition) is 12. The molecule has 0 fully saturated rings. The van der Waals surface area contributed by atoms with Gasteiger partial charge in [-0.05, 0) is 12.1 Å². The summed E-state index contributed by atoms with van der Waals surface area (Å²) in [5, 5.41) is 30.5. The van der Waals surface area contributed by atoms with Crippen LogP contribution in [0.4, 0.5) is 21.6 Å². The van der Waals surface area contributed by atoms with Crippen molar-refractivity contribution in [3.05, 3.63) is 56.6 Å². The molecule has 0 amide bonds. The summed E-state index contributed by atoms with van der Waals surface area (Å²) in [6.07, 6.45) is 0. The van der Waals surface area contributed by atoms with Crippen molar-refractivity contribution in [1.29, 1.82) is 0 Å². The Labute approximate surface area is 191 Å². The Hall–Kier alpha value is -2.68. The zero-order chi connectivity index (χ0) is 21.8. The maximum Gasteiger partial charge on any atom is 0.270 e. The molecule has 0 atom stereocenters. The van der Waals surface area contributed by atoms with E-state index >= 15 is 0 Å². The van der Waals surface area contributed by atoms with Crippen LogP contribution in [0.5, 0.6) is 0 Å². The highest BCUT2D eigenvalue weighted by atomic mass is 32.2. The third kappa shape index (κ3) is 5.33. The predicted molar refractivity (Wildman–Crippen MR) is 130 cm³/mol. The molecule has 2 aromatic carbocycles. The van der Waals surface area contributed by atoms with Gasteiger partial charge in [0, 0.05) is 29.4 Å². The number of rotatable bonds is 10. The van der Waals surface area contributed by atoms with E-state index in [-0.39, 0.29) is 11.4 Å². The van der Waals surface area contributed by atoms with Crippen LogP contribution in [0.2, 0.25) is 0 Å². The molecule has 0 saturated carbocycles. The minimum atomic E-state index is -0.411. The second-order valence-electron chi connectivity index (χ2n) is 6.02. The van der Waals surface area contributed by atoms with Crippen LogP contribution < -0.4 is 10.6 Å². The predicted octanol–water partition coefficient (Wildman–Crippen LogP) is 5.59. The van der Waals surface area contributed by atoms with Crippen molar-refractivity contribution in [3.8, 4) is 0 Å². The molecule has 2 aromatic heterocycles. The first-order chi connectivity index (χ1) is 15.0. The Bertz CT molecular complexity index is 1160. The minimum absolute atomic E-state index is 0.0623. The molecule has 0 saturated heterocycles. The molecule has 31 heavy (non-hydrogen) atoms. The highest BCUT2D eigenvalue weighted by Crippen LogP contribution is 2.31. The van der Waals surface area contributed by atoms with Crippen LogP contribution in [-0.4, -0.2) is 36.7 Å². The zero-order valence-electron chi connectivity index (χ0n) is 15.6. The van der Waals surface area contributed by atoms with E-state index < -0.39 is 9.85 Å². The molecular weight excluding hydrogens is 480 g/mol. The van der Waals surface area contributed by atoms with Crippen LogP contribution in [0, 0.1) is 20.2 Å². The van der Waals surface area contributed by atoms with Crippen LogP contribution in [0.1, 0.15) is 0 Å². The fraction of sp³-hybridized carbons (Fsp3) is 0.176. The van der Waals surface area contributed by atoms with Gasteiger partial charge in [-0.15, -0.1) is 23.5 Å². The van der Waals surface area contributed by atoms with E-state index in [1.54, 1.807) is 35.7 Å². The number of nitrogens with zero attached hydrogens (tertiary/aromatic N) is 4. The van der Waals surface area contributed by atoms with E-state index in [4.69, 9.17) is 0 Å². The number of anilines is 2. The number of benzene rings is 2. The van der Waals surface area contributed by atoms with Crippen LogP contribution in [0.15, 0.2) is 36.4 Å². The summed E-state index contributed by atoms with van der Waals surface area (Å²) in [6.45, 7) is 0. The molecular formula is C17H14N6O4S4. The van der Waals surface area contributed by atoms with Crippen LogP contribution >= 0.6 is 46.2 Å². The lowest BCUT2D eigenvalue weighted by Gasteiger charge is -2.03. The topological polar surface area (TPSA) is 136 Å². The summed E-state index contributed by atoms with van der Waals surface area (Å²) >= 11 is 6.16. The normalized spacial score (nSPS) is 11.1. The molecule has 10 nitrogen and oxygen atoms in total. The van der Waals surface area contributed by atoms with Gasteiger partial charge in [0.2, 0.25) is 0 Å². The van der Waals surface area contributed by atoms with Gasteiger partial charge in [0.25, 0.3) is 11.4 Å². The first-order valence-corrected chi connectivity index (χ1v) is 12.7. The molecule has 0 aliphatic carbocycles. The largest absolute Gasteiger partial charge is 0.352 e. The highest BCUT2D eigenvalue weighted by molar-refractivity contribution is 8.16. The average molecular weight is 495 g/mol. The highest BCUT2D eigenvalue weighted by Gasteiger charge is 2.11. The molecule has 0 aliphatic heterocycles. The summed E-state index contributed by atoms with van der Waals surface area (Å²) in [4.78, 5) is 29.7. The number of non-ortho nitro benzene ring substituents is 2. The number of thioether (sulfide) groups is 2. The van der Waals surface area contributed by atoms with Crippen molar-refractivity contribution in [2.45, 2.75) is 0 Å². The molecule has 0 bridgehead atoms.